The Labute approximate surface area is 122 Å². The Balaban J connectivity index is 2.12. The number of halogens is 3. The fourth-order valence-corrected chi connectivity index (χ4v) is 2.39. The van der Waals surface area contributed by atoms with Crippen molar-refractivity contribution in [3.8, 4) is 0 Å². The molecule has 1 unspecified atom stereocenters. The Hall–Kier alpha value is -1.45. The summed E-state index contributed by atoms with van der Waals surface area (Å²) in [7, 11) is 0. The predicted octanol–water partition coefficient (Wildman–Crippen LogP) is 4.12. The Morgan fingerprint density at radius 1 is 1.05 bits per heavy atom. The zero-order valence-corrected chi connectivity index (χ0v) is 11.9. The molecule has 0 radical (unpaired) electrons. The highest BCUT2D eigenvalue weighted by Crippen LogP contribution is 2.21. The third-order valence-electron chi connectivity index (χ3n) is 3.13. The Kier molecular flexibility index (Phi) is 4.41. The molecule has 2 N–H and O–H groups in total. The van der Waals surface area contributed by atoms with E-state index in [0.717, 1.165) is 5.56 Å². The highest BCUT2D eigenvalue weighted by Gasteiger charge is 2.21. The highest BCUT2D eigenvalue weighted by atomic mass is 35.5. The van der Waals surface area contributed by atoms with E-state index in [0.29, 0.717) is 23.4 Å². The maximum Gasteiger partial charge on any atom is 0.127 e. The topological polar surface area (TPSA) is 26.0 Å². The van der Waals surface area contributed by atoms with Crippen molar-refractivity contribution >= 4 is 11.6 Å². The number of hydrogen-bond donors (Lipinski definition) is 1. The van der Waals surface area contributed by atoms with E-state index in [1.807, 2.05) is 6.92 Å². The van der Waals surface area contributed by atoms with Gasteiger partial charge in [-0.15, -0.1) is 0 Å². The van der Waals surface area contributed by atoms with Crippen LogP contribution < -0.4 is 5.73 Å². The molecule has 0 aliphatic carbocycles. The molecule has 0 spiro atoms. The monoisotopic (exact) mass is 295 g/mol. The second-order valence-electron chi connectivity index (χ2n) is 5.37. The average molecular weight is 296 g/mol. The second-order valence-corrected chi connectivity index (χ2v) is 5.81. The van der Waals surface area contributed by atoms with Gasteiger partial charge in [0.25, 0.3) is 0 Å². The second kappa shape index (κ2) is 5.90. The lowest BCUT2D eigenvalue weighted by atomic mass is 9.87. The van der Waals surface area contributed by atoms with Crippen molar-refractivity contribution in [3.63, 3.8) is 0 Å². The minimum absolute atomic E-state index is 0.281. The van der Waals surface area contributed by atoms with Crippen molar-refractivity contribution in [1.82, 2.24) is 0 Å². The number of nitrogens with two attached hydrogens (primary N) is 1. The summed E-state index contributed by atoms with van der Waals surface area (Å²) < 4.78 is 26.6. The summed E-state index contributed by atoms with van der Waals surface area (Å²) in [6, 6.07) is 10.8. The van der Waals surface area contributed by atoms with Gasteiger partial charge in [-0.2, -0.15) is 0 Å². The van der Waals surface area contributed by atoms with Crippen LogP contribution in [0.4, 0.5) is 8.78 Å². The van der Waals surface area contributed by atoms with Crippen molar-refractivity contribution in [2.24, 2.45) is 5.73 Å². The molecule has 0 aliphatic heterocycles. The van der Waals surface area contributed by atoms with E-state index >= 15 is 0 Å². The summed E-state index contributed by atoms with van der Waals surface area (Å²) >= 11 is 5.73. The molecule has 0 aliphatic rings. The Morgan fingerprint density at radius 2 is 1.70 bits per heavy atom. The van der Waals surface area contributed by atoms with Crippen LogP contribution in [0.3, 0.4) is 0 Å². The van der Waals surface area contributed by atoms with Crippen molar-refractivity contribution < 1.29 is 8.78 Å². The lowest BCUT2D eigenvalue weighted by Gasteiger charge is -2.25. The van der Waals surface area contributed by atoms with Crippen LogP contribution in [0.15, 0.2) is 42.5 Å². The number of rotatable bonds is 4. The first-order chi connectivity index (χ1) is 9.35. The van der Waals surface area contributed by atoms with Gasteiger partial charge in [0.05, 0.1) is 0 Å². The van der Waals surface area contributed by atoms with Gasteiger partial charge in [0.15, 0.2) is 0 Å². The van der Waals surface area contributed by atoms with Crippen molar-refractivity contribution in [1.29, 1.82) is 0 Å². The summed E-state index contributed by atoms with van der Waals surface area (Å²) in [5.74, 6) is -0.635. The number of hydrogen-bond acceptors (Lipinski definition) is 1. The molecule has 0 heterocycles. The molecule has 0 fully saturated rings. The maximum absolute atomic E-state index is 13.8. The molecule has 4 heteroatoms. The van der Waals surface area contributed by atoms with Crippen LogP contribution in [0.2, 0.25) is 5.02 Å². The van der Waals surface area contributed by atoms with Crippen molar-refractivity contribution in [3.05, 3.63) is 70.2 Å². The van der Waals surface area contributed by atoms with Crippen LogP contribution in [-0.2, 0) is 12.8 Å². The van der Waals surface area contributed by atoms with E-state index in [4.69, 9.17) is 17.3 Å². The van der Waals surface area contributed by atoms with Gasteiger partial charge in [0.1, 0.15) is 11.6 Å². The van der Waals surface area contributed by atoms with Crippen LogP contribution in [0.25, 0.3) is 0 Å². The van der Waals surface area contributed by atoms with Gasteiger partial charge in [-0.05, 0) is 55.2 Å². The quantitative estimate of drug-likeness (QED) is 0.902. The van der Waals surface area contributed by atoms with E-state index in [1.54, 1.807) is 24.3 Å². The lowest BCUT2D eigenvalue weighted by Crippen LogP contribution is -2.41. The van der Waals surface area contributed by atoms with Gasteiger partial charge >= 0.3 is 0 Å². The average Bonchev–Trinajstić information content (AvgIpc) is 2.35. The van der Waals surface area contributed by atoms with Gasteiger partial charge in [0.2, 0.25) is 0 Å². The minimum Gasteiger partial charge on any atom is -0.325 e. The third kappa shape index (κ3) is 4.02. The van der Waals surface area contributed by atoms with Crippen LogP contribution in [-0.4, -0.2) is 5.54 Å². The van der Waals surface area contributed by atoms with E-state index in [-0.39, 0.29) is 11.6 Å². The highest BCUT2D eigenvalue weighted by molar-refractivity contribution is 6.30. The Bertz CT molecular complexity index is 594. The van der Waals surface area contributed by atoms with Gasteiger partial charge in [-0.25, -0.2) is 8.78 Å². The molecule has 1 nitrogen and oxygen atoms in total. The molecule has 1 atom stereocenters. The maximum atomic E-state index is 13.8. The van der Waals surface area contributed by atoms with Crippen LogP contribution in [0.5, 0.6) is 0 Å². The molecule has 0 saturated heterocycles. The first-order valence-electron chi connectivity index (χ1n) is 6.33. The molecule has 2 aromatic carbocycles. The molecular formula is C16H16ClF2N. The van der Waals surface area contributed by atoms with Crippen molar-refractivity contribution in [2.45, 2.75) is 25.3 Å². The minimum atomic E-state index is -0.619. The molecule has 0 aromatic heterocycles. The molecule has 20 heavy (non-hydrogen) atoms. The Morgan fingerprint density at radius 3 is 2.30 bits per heavy atom. The molecule has 106 valence electrons. The van der Waals surface area contributed by atoms with Crippen molar-refractivity contribution in [2.75, 3.05) is 0 Å². The molecule has 2 aromatic rings. The summed E-state index contributed by atoms with van der Waals surface area (Å²) in [4.78, 5) is 0. The van der Waals surface area contributed by atoms with Gasteiger partial charge < -0.3 is 5.73 Å². The first kappa shape index (κ1) is 14.9. The number of benzene rings is 2. The predicted molar refractivity (Wildman–Crippen MR) is 77.8 cm³/mol. The fraction of sp³-hybridized carbons (Fsp3) is 0.250. The SMILES string of the molecule is CC(N)(Cc1ccc(F)cc1)Cc1ccc(Cl)cc1F. The zero-order chi connectivity index (χ0) is 14.8. The largest absolute Gasteiger partial charge is 0.325 e. The molecule has 0 amide bonds. The summed E-state index contributed by atoms with van der Waals surface area (Å²) in [6.07, 6.45) is 0.919. The summed E-state index contributed by atoms with van der Waals surface area (Å²) in [5, 5.41) is 0.364. The van der Waals surface area contributed by atoms with Crippen LogP contribution >= 0.6 is 11.6 Å². The van der Waals surface area contributed by atoms with E-state index in [1.165, 1.54) is 18.2 Å². The van der Waals surface area contributed by atoms with Gasteiger partial charge in [-0.3, -0.25) is 0 Å². The van der Waals surface area contributed by atoms with Gasteiger partial charge in [-0.1, -0.05) is 29.8 Å². The van der Waals surface area contributed by atoms with E-state index in [9.17, 15) is 8.78 Å². The third-order valence-corrected chi connectivity index (χ3v) is 3.37. The normalized spacial score (nSPS) is 14.1. The summed E-state index contributed by atoms with van der Waals surface area (Å²) in [6.45, 7) is 1.85. The molecular weight excluding hydrogens is 280 g/mol. The lowest BCUT2D eigenvalue weighted by molar-refractivity contribution is 0.451. The first-order valence-corrected chi connectivity index (χ1v) is 6.71. The van der Waals surface area contributed by atoms with E-state index in [2.05, 4.69) is 0 Å². The standard InChI is InChI=1S/C16H16ClF2N/c1-16(20,9-11-2-6-14(18)7-3-11)10-12-4-5-13(17)8-15(12)19/h2-8H,9-10,20H2,1H3. The van der Waals surface area contributed by atoms with E-state index < -0.39 is 5.54 Å². The molecule has 2 rings (SSSR count). The molecule has 0 saturated carbocycles. The molecule has 0 bridgehead atoms. The smallest absolute Gasteiger partial charge is 0.127 e. The van der Waals surface area contributed by atoms with Gasteiger partial charge in [0, 0.05) is 10.6 Å². The zero-order valence-electron chi connectivity index (χ0n) is 11.2. The van der Waals surface area contributed by atoms with Crippen LogP contribution in [0.1, 0.15) is 18.1 Å². The summed E-state index contributed by atoms with van der Waals surface area (Å²) in [5.41, 5.74) is 7.07. The fourth-order valence-electron chi connectivity index (χ4n) is 2.23. The van der Waals surface area contributed by atoms with Crippen LogP contribution in [0, 0.1) is 11.6 Å².